The zero-order chi connectivity index (χ0) is 14.3. The molecule has 1 aromatic carbocycles. The highest BCUT2D eigenvalue weighted by atomic mass is 79.9. The third-order valence-corrected chi connectivity index (χ3v) is 3.55. The van der Waals surface area contributed by atoms with Crippen LogP contribution in [-0.4, -0.2) is 12.5 Å². The fourth-order valence-electron chi connectivity index (χ4n) is 1.65. The number of rotatable bonds is 7. The molecule has 0 aliphatic heterocycles. The first kappa shape index (κ1) is 16.4. The van der Waals surface area contributed by atoms with E-state index in [-0.39, 0.29) is 10.9 Å². The average molecular weight is 352 g/mol. The van der Waals surface area contributed by atoms with Gasteiger partial charge in [-0.1, -0.05) is 24.4 Å². The summed E-state index contributed by atoms with van der Waals surface area (Å²) in [6.07, 6.45) is 4.22. The van der Waals surface area contributed by atoms with Crippen LogP contribution in [0.25, 0.3) is 0 Å². The van der Waals surface area contributed by atoms with Crippen molar-refractivity contribution >= 4 is 39.1 Å². The number of benzene rings is 1. The van der Waals surface area contributed by atoms with Gasteiger partial charge in [-0.15, -0.1) is 0 Å². The van der Waals surface area contributed by atoms with Crippen molar-refractivity contribution in [3.05, 3.63) is 27.4 Å². The normalized spacial score (nSPS) is 10.5. The first-order chi connectivity index (χ1) is 9.04. The lowest BCUT2D eigenvalue weighted by Crippen LogP contribution is -2.12. The Balaban J connectivity index is 2.44. The van der Waals surface area contributed by atoms with Gasteiger partial charge in [0.2, 0.25) is 5.91 Å². The minimum Gasteiger partial charge on any atom is -0.330 e. The molecule has 0 aliphatic carbocycles. The molecule has 0 aliphatic rings. The fourth-order valence-corrected chi connectivity index (χ4v) is 2.55. The summed E-state index contributed by atoms with van der Waals surface area (Å²) in [7, 11) is 0. The van der Waals surface area contributed by atoms with Crippen molar-refractivity contribution in [3.8, 4) is 0 Å². The van der Waals surface area contributed by atoms with Crippen LogP contribution in [0, 0.1) is 5.82 Å². The smallest absolute Gasteiger partial charge is 0.224 e. The lowest BCUT2D eigenvalue weighted by Gasteiger charge is -2.09. The Kier molecular flexibility index (Phi) is 7.34. The van der Waals surface area contributed by atoms with Gasteiger partial charge in [0, 0.05) is 10.9 Å². The second-order valence-corrected chi connectivity index (χ2v) is 5.51. The number of nitrogens with one attached hydrogen (secondary N) is 1. The summed E-state index contributed by atoms with van der Waals surface area (Å²) < 4.78 is 13.5. The van der Waals surface area contributed by atoms with Crippen molar-refractivity contribution in [2.75, 3.05) is 11.9 Å². The average Bonchev–Trinajstić information content (AvgIpc) is 2.33. The van der Waals surface area contributed by atoms with E-state index in [4.69, 9.17) is 17.3 Å². The first-order valence-electron chi connectivity index (χ1n) is 6.19. The van der Waals surface area contributed by atoms with Gasteiger partial charge in [-0.3, -0.25) is 4.79 Å². The molecule has 3 N–H and O–H groups in total. The van der Waals surface area contributed by atoms with E-state index in [9.17, 15) is 9.18 Å². The summed E-state index contributed by atoms with van der Waals surface area (Å²) in [4.78, 5) is 11.7. The van der Waals surface area contributed by atoms with Gasteiger partial charge in [0.25, 0.3) is 0 Å². The lowest BCUT2D eigenvalue weighted by atomic mass is 10.1. The fraction of sp³-hybridized carbons (Fsp3) is 0.462. The van der Waals surface area contributed by atoms with Crippen molar-refractivity contribution in [2.24, 2.45) is 5.73 Å². The summed E-state index contributed by atoms with van der Waals surface area (Å²) in [6, 6.07) is 2.44. The number of hydrogen-bond acceptors (Lipinski definition) is 2. The maximum Gasteiger partial charge on any atom is 0.224 e. The molecule has 1 amide bonds. The molecule has 106 valence electrons. The Bertz CT molecular complexity index is 420. The highest BCUT2D eigenvalue weighted by Crippen LogP contribution is 2.31. The van der Waals surface area contributed by atoms with Crippen molar-refractivity contribution < 1.29 is 9.18 Å². The number of hydrogen-bond donors (Lipinski definition) is 2. The predicted octanol–water partition coefficient (Wildman–Crippen LogP) is 4.09. The molecule has 0 saturated carbocycles. The quantitative estimate of drug-likeness (QED) is 0.727. The van der Waals surface area contributed by atoms with Crippen molar-refractivity contribution in [1.29, 1.82) is 0 Å². The highest BCUT2D eigenvalue weighted by molar-refractivity contribution is 9.10. The molecule has 1 rings (SSSR count). The maximum absolute atomic E-state index is 13.0. The second-order valence-electron chi connectivity index (χ2n) is 4.25. The van der Waals surface area contributed by atoms with Gasteiger partial charge in [-0.2, -0.15) is 0 Å². The second kappa shape index (κ2) is 8.51. The third kappa shape index (κ3) is 5.89. The highest BCUT2D eigenvalue weighted by Gasteiger charge is 2.11. The molecule has 3 nitrogen and oxygen atoms in total. The molecule has 0 bridgehead atoms. The zero-order valence-corrected chi connectivity index (χ0v) is 12.9. The third-order valence-electron chi connectivity index (χ3n) is 2.63. The number of halogens is 3. The van der Waals surface area contributed by atoms with E-state index in [2.05, 4.69) is 21.2 Å². The molecule has 0 radical (unpaired) electrons. The van der Waals surface area contributed by atoms with Crippen LogP contribution in [0.1, 0.15) is 32.1 Å². The van der Waals surface area contributed by atoms with E-state index in [1.807, 2.05) is 0 Å². The van der Waals surface area contributed by atoms with Crippen LogP contribution in [-0.2, 0) is 4.79 Å². The Labute approximate surface area is 125 Å². The molecule has 0 aromatic heterocycles. The summed E-state index contributed by atoms with van der Waals surface area (Å²) in [5.41, 5.74) is 5.80. The van der Waals surface area contributed by atoms with Crippen LogP contribution in [0.4, 0.5) is 10.1 Å². The van der Waals surface area contributed by atoms with Crippen LogP contribution < -0.4 is 11.1 Å². The number of amides is 1. The predicted molar refractivity (Wildman–Crippen MR) is 79.9 cm³/mol. The molecule has 1 aromatic rings. The van der Waals surface area contributed by atoms with E-state index in [1.54, 1.807) is 0 Å². The van der Waals surface area contributed by atoms with Gasteiger partial charge in [-0.25, -0.2) is 4.39 Å². The molecule has 0 spiro atoms. The maximum atomic E-state index is 13.0. The molecule has 0 saturated heterocycles. The van der Waals surface area contributed by atoms with Gasteiger partial charge in [0.1, 0.15) is 5.82 Å². The minimum atomic E-state index is -0.448. The standard InChI is InChI=1S/C13H17BrClFN2O/c14-10-7-9(16)8-11(15)13(10)18-12(19)5-3-1-2-4-6-17/h7-8H,1-6,17H2,(H,18,19). The molecule has 0 heterocycles. The Morgan fingerprint density at radius 2 is 2.00 bits per heavy atom. The van der Waals surface area contributed by atoms with Crippen molar-refractivity contribution in [2.45, 2.75) is 32.1 Å². The van der Waals surface area contributed by atoms with E-state index in [0.29, 0.717) is 23.1 Å². The van der Waals surface area contributed by atoms with Crippen molar-refractivity contribution in [3.63, 3.8) is 0 Å². The number of carbonyl (C=O) groups is 1. The monoisotopic (exact) mass is 350 g/mol. The SMILES string of the molecule is NCCCCCCC(=O)Nc1c(Cl)cc(F)cc1Br. The number of anilines is 1. The summed E-state index contributed by atoms with van der Waals surface area (Å²) in [5.74, 6) is -0.571. The molecule has 0 atom stereocenters. The van der Waals surface area contributed by atoms with Gasteiger partial charge < -0.3 is 11.1 Å². The molecular weight excluding hydrogens is 335 g/mol. The van der Waals surface area contributed by atoms with Crippen molar-refractivity contribution in [1.82, 2.24) is 0 Å². The summed E-state index contributed by atoms with van der Waals surface area (Å²) in [6.45, 7) is 0.685. The van der Waals surface area contributed by atoms with Crippen LogP contribution >= 0.6 is 27.5 Å². The Morgan fingerprint density at radius 3 is 2.63 bits per heavy atom. The minimum absolute atomic E-state index is 0.123. The van der Waals surface area contributed by atoms with Crippen LogP contribution in [0.2, 0.25) is 5.02 Å². The van der Waals surface area contributed by atoms with E-state index in [0.717, 1.165) is 25.7 Å². The number of carbonyl (C=O) groups excluding carboxylic acids is 1. The van der Waals surface area contributed by atoms with Gasteiger partial charge in [-0.05, 0) is 47.4 Å². The van der Waals surface area contributed by atoms with E-state index < -0.39 is 5.82 Å². The zero-order valence-electron chi connectivity index (χ0n) is 10.5. The lowest BCUT2D eigenvalue weighted by molar-refractivity contribution is -0.116. The number of nitrogens with two attached hydrogens (primary N) is 1. The number of unbranched alkanes of at least 4 members (excludes halogenated alkanes) is 3. The van der Waals surface area contributed by atoms with Crippen LogP contribution in [0.5, 0.6) is 0 Å². The Morgan fingerprint density at radius 1 is 1.32 bits per heavy atom. The summed E-state index contributed by atoms with van der Waals surface area (Å²) >= 11 is 9.06. The molecule has 6 heteroatoms. The summed E-state index contributed by atoms with van der Waals surface area (Å²) in [5, 5.41) is 2.87. The van der Waals surface area contributed by atoms with Gasteiger partial charge in [0.15, 0.2) is 0 Å². The molecule has 19 heavy (non-hydrogen) atoms. The first-order valence-corrected chi connectivity index (χ1v) is 7.36. The van der Waals surface area contributed by atoms with E-state index >= 15 is 0 Å². The Hall–Kier alpha value is -0.650. The largest absolute Gasteiger partial charge is 0.330 e. The molecule has 0 fully saturated rings. The van der Waals surface area contributed by atoms with Crippen LogP contribution in [0.3, 0.4) is 0 Å². The topological polar surface area (TPSA) is 55.1 Å². The van der Waals surface area contributed by atoms with Crippen LogP contribution in [0.15, 0.2) is 16.6 Å². The van der Waals surface area contributed by atoms with Gasteiger partial charge in [0.05, 0.1) is 10.7 Å². The van der Waals surface area contributed by atoms with Gasteiger partial charge >= 0.3 is 0 Å². The molecule has 0 unspecified atom stereocenters. The van der Waals surface area contributed by atoms with E-state index in [1.165, 1.54) is 12.1 Å². The molecular formula is C13H17BrClFN2O.